The second-order valence-corrected chi connectivity index (χ2v) is 6.72. The largest absolute Gasteiger partial charge is 0.478 e. The Bertz CT molecular complexity index is 719. The number of carbonyl (C=O) groups is 1. The molecule has 0 bridgehead atoms. The quantitative estimate of drug-likeness (QED) is 0.717. The van der Waals surface area contributed by atoms with Gasteiger partial charge in [-0.05, 0) is 6.42 Å². The second-order valence-electron chi connectivity index (χ2n) is 3.82. The molecule has 0 amide bonds. The number of carboxylic acids is 1. The molecule has 0 aromatic carbocycles. The highest BCUT2D eigenvalue weighted by Gasteiger charge is 2.24. The van der Waals surface area contributed by atoms with Gasteiger partial charge in [0.25, 0.3) is 10.0 Å². The van der Waals surface area contributed by atoms with Crippen molar-refractivity contribution in [1.82, 2.24) is 19.9 Å². The van der Waals surface area contributed by atoms with Gasteiger partial charge in [-0.3, -0.25) is 5.10 Å². The fraction of sp³-hybridized carbons (Fsp3) is 0.300. The molecular weight excluding hydrogens is 304 g/mol. The van der Waals surface area contributed by atoms with Crippen molar-refractivity contribution in [3.8, 4) is 0 Å². The molecule has 108 valence electrons. The van der Waals surface area contributed by atoms with Crippen LogP contribution in [0.5, 0.6) is 0 Å². The van der Waals surface area contributed by atoms with E-state index in [2.05, 4.69) is 19.9 Å². The zero-order valence-electron chi connectivity index (χ0n) is 10.5. The van der Waals surface area contributed by atoms with E-state index in [-0.39, 0.29) is 6.54 Å². The molecule has 3 N–H and O–H groups in total. The summed E-state index contributed by atoms with van der Waals surface area (Å²) < 4.78 is 26.3. The molecule has 0 aliphatic rings. The number of H-pyrrole nitrogens is 1. The standard InChI is InChI=1S/C10H12N4O4S2/c1-2-6-3-11-8(19-6)5-13-20(17,18)9-7(10(15)16)4-12-14-9/h3-4,13H,2,5H2,1H3,(H,12,14)(H,15,16). The maximum absolute atomic E-state index is 12.0. The van der Waals surface area contributed by atoms with Crippen molar-refractivity contribution in [3.05, 3.63) is 27.8 Å². The predicted molar refractivity (Wildman–Crippen MR) is 71.1 cm³/mol. The predicted octanol–water partition coefficient (Wildman–Crippen LogP) is 0.605. The van der Waals surface area contributed by atoms with Gasteiger partial charge in [0.1, 0.15) is 10.6 Å². The molecule has 0 radical (unpaired) electrons. The van der Waals surface area contributed by atoms with Crippen LogP contribution in [0.2, 0.25) is 0 Å². The molecule has 0 spiro atoms. The van der Waals surface area contributed by atoms with E-state index in [0.29, 0.717) is 5.01 Å². The van der Waals surface area contributed by atoms with Gasteiger partial charge >= 0.3 is 5.97 Å². The topological polar surface area (TPSA) is 125 Å². The minimum atomic E-state index is -3.97. The molecule has 2 rings (SSSR count). The van der Waals surface area contributed by atoms with Crippen LogP contribution in [0.3, 0.4) is 0 Å². The zero-order valence-corrected chi connectivity index (χ0v) is 12.1. The Kier molecular flexibility index (Phi) is 4.16. The molecule has 2 aromatic heterocycles. The Morgan fingerprint density at radius 3 is 2.85 bits per heavy atom. The summed E-state index contributed by atoms with van der Waals surface area (Å²) in [6.07, 6.45) is 3.47. The smallest absolute Gasteiger partial charge is 0.340 e. The minimum absolute atomic E-state index is 0.00504. The number of carboxylic acid groups (broad SMARTS) is 1. The lowest BCUT2D eigenvalue weighted by Gasteiger charge is -2.03. The summed E-state index contributed by atoms with van der Waals surface area (Å²) in [5.41, 5.74) is -0.397. The van der Waals surface area contributed by atoms with Crippen molar-refractivity contribution < 1.29 is 18.3 Å². The maximum Gasteiger partial charge on any atom is 0.340 e. The fourth-order valence-corrected chi connectivity index (χ4v) is 3.42. The average molecular weight is 316 g/mol. The first-order chi connectivity index (χ1) is 9.44. The van der Waals surface area contributed by atoms with E-state index in [1.54, 1.807) is 6.20 Å². The molecule has 0 fully saturated rings. The normalized spacial score (nSPS) is 11.7. The first-order valence-corrected chi connectivity index (χ1v) is 7.94. The molecule has 0 saturated heterocycles. The van der Waals surface area contributed by atoms with Crippen LogP contribution in [0, 0.1) is 0 Å². The fourth-order valence-electron chi connectivity index (χ4n) is 1.45. The first kappa shape index (κ1) is 14.6. The van der Waals surface area contributed by atoms with Gasteiger partial charge in [0, 0.05) is 11.1 Å². The van der Waals surface area contributed by atoms with Crippen LogP contribution >= 0.6 is 11.3 Å². The minimum Gasteiger partial charge on any atom is -0.478 e. The summed E-state index contributed by atoms with van der Waals surface area (Å²) in [6, 6.07) is 0. The van der Waals surface area contributed by atoms with Crippen LogP contribution in [-0.4, -0.2) is 34.7 Å². The van der Waals surface area contributed by atoms with Crippen molar-refractivity contribution in [3.63, 3.8) is 0 Å². The van der Waals surface area contributed by atoms with Crippen molar-refractivity contribution >= 4 is 27.3 Å². The first-order valence-electron chi connectivity index (χ1n) is 5.64. The van der Waals surface area contributed by atoms with Crippen LogP contribution in [0.4, 0.5) is 0 Å². The highest BCUT2D eigenvalue weighted by molar-refractivity contribution is 7.89. The summed E-state index contributed by atoms with van der Waals surface area (Å²) in [5.74, 6) is -1.36. The van der Waals surface area contributed by atoms with E-state index in [9.17, 15) is 13.2 Å². The third-order valence-corrected chi connectivity index (χ3v) is 4.98. The lowest BCUT2D eigenvalue weighted by atomic mass is 10.4. The van der Waals surface area contributed by atoms with Gasteiger partial charge in [0.2, 0.25) is 0 Å². The Balaban J connectivity index is 2.15. The highest BCUT2D eigenvalue weighted by atomic mass is 32.2. The lowest BCUT2D eigenvalue weighted by molar-refractivity contribution is 0.0692. The number of aromatic amines is 1. The number of nitrogens with one attached hydrogen (secondary N) is 2. The summed E-state index contributed by atoms with van der Waals surface area (Å²) in [7, 11) is -3.97. The maximum atomic E-state index is 12.0. The molecule has 10 heteroatoms. The molecule has 2 aromatic rings. The summed E-state index contributed by atoms with van der Waals surface area (Å²) in [6.45, 7) is 1.98. The molecule has 8 nitrogen and oxygen atoms in total. The van der Waals surface area contributed by atoms with Gasteiger partial charge in [0.05, 0.1) is 12.7 Å². The van der Waals surface area contributed by atoms with Gasteiger partial charge in [-0.1, -0.05) is 6.92 Å². The number of aryl methyl sites for hydroxylation is 1. The van der Waals surface area contributed by atoms with Gasteiger partial charge < -0.3 is 5.11 Å². The SMILES string of the molecule is CCc1cnc(CNS(=O)(=O)c2[nH]ncc2C(=O)O)s1. The number of thiazole rings is 1. The summed E-state index contributed by atoms with van der Waals surface area (Å²) >= 11 is 1.40. The van der Waals surface area contributed by atoms with E-state index in [1.165, 1.54) is 11.3 Å². The van der Waals surface area contributed by atoms with Crippen LogP contribution in [0.25, 0.3) is 0 Å². The third kappa shape index (κ3) is 3.03. The van der Waals surface area contributed by atoms with Crippen molar-refractivity contribution in [2.75, 3.05) is 0 Å². The Morgan fingerprint density at radius 1 is 1.50 bits per heavy atom. The van der Waals surface area contributed by atoms with Gasteiger partial charge in [-0.15, -0.1) is 11.3 Å². The molecule has 20 heavy (non-hydrogen) atoms. The lowest BCUT2D eigenvalue weighted by Crippen LogP contribution is -2.25. The molecule has 0 atom stereocenters. The van der Waals surface area contributed by atoms with Crippen LogP contribution in [0.15, 0.2) is 17.4 Å². The number of hydrogen-bond acceptors (Lipinski definition) is 6. The number of aromatic carboxylic acids is 1. The second kappa shape index (κ2) is 5.69. The molecule has 0 unspecified atom stereocenters. The monoisotopic (exact) mass is 316 g/mol. The van der Waals surface area contributed by atoms with Gasteiger partial charge in [-0.25, -0.2) is 22.9 Å². The highest BCUT2D eigenvalue weighted by Crippen LogP contribution is 2.15. The van der Waals surface area contributed by atoms with Gasteiger partial charge in [0.15, 0.2) is 5.03 Å². The number of nitrogens with zero attached hydrogens (tertiary/aromatic N) is 2. The van der Waals surface area contributed by atoms with E-state index < -0.39 is 26.6 Å². The van der Waals surface area contributed by atoms with E-state index in [1.807, 2.05) is 6.92 Å². The Hall–Kier alpha value is -1.78. The zero-order chi connectivity index (χ0) is 14.8. The van der Waals surface area contributed by atoms with Gasteiger partial charge in [-0.2, -0.15) is 5.10 Å². The molecular formula is C10H12N4O4S2. The molecule has 0 aliphatic carbocycles. The van der Waals surface area contributed by atoms with Crippen molar-refractivity contribution in [1.29, 1.82) is 0 Å². The number of rotatable bonds is 6. The number of hydrogen-bond donors (Lipinski definition) is 3. The molecule has 0 aliphatic heterocycles. The Labute approximate surface area is 118 Å². The van der Waals surface area contributed by atoms with Crippen LogP contribution in [0.1, 0.15) is 27.2 Å². The summed E-state index contributed by atoms with van der Waals surface area (Å²) in [5, 5.41) is 14.7. The number of aromatic nitrogens is 3. The van der Waals surface area contributed by atoms with E-state index in [0.717, 1.165) is 17.5 Å². The van der Waals surface area contributed by atoms with E-state index in [4.69, 9.17) is 5.11 Å². The summed E-state index contributed by atoms with van der Waals surface area (Å²) in [4.78, 5) is 16.0. The number of sulfonamides is 1. The Morgan fingerprint density at radius 2 is 2.25 bits per heavy atom. The van der Waals surface area contributed by atoms with Crippen molar-refractivity contribution in [2.24, 2.45) is 0 Å². The van der Waals surface area contributed by atoms with Crippen LogP contribution < -0.4 is 4.72 Å². The van der Waals surface area contributed by atoms with Crippen LogP contribution in [-0.2, 0) is 23.0 Å². The van der Waals surface area contributed by atoms with E-state index >= 15 is 0 Å². The molecule has 0 saturated carbocycles. The average Bonchev–Trinajstić information content (AvgIpc) is 3.05. The van der Waals surface area contributed by atoms with Crippen molar-refractivity contribution in [2.45, 2.75) is 24.9 Å². The third-order valence-electron chi connectivity index (χ3n) is 2.47. The molecule has 2 heterocycles.